The van der Waals surface area contributed by atoms with Crippen molar-refractivity contribution in [2.75, 3.05) is 36.4 Å². The van der Waals surface area contributed by atoms with E-state index >= 15 is 0 Å². The molecule has 0 aromatic heterocycles. The van der Waals surface area contributed by atoms with E-state index in [1.54, 1.807) is 7.11 Å². The highest BCUT2D eigenvalue weighted by molar-refractivity contribution is 7.96. The molecule has 23 heavy (non-hydrogen) atoms. The number of hydrogen-bond acceptors (Lipinski definition) is 2. The van der Waals surface area contributed by atoms with Gasteiger partial charge in [-0.1, -0.05) is 0 Å². The van der Waals surface area contributed by atoms with E-state index in [1.165, 1.54) is 59.8 Å². The Labute approximate surface area is 148 Å². The third kappa shape index (κ3) is 4.49. The fourth-order valence-electron chi connectivity index (χ4n) is 3.48. The van der Waals surface area contributed by atoms with Crippen LogP contribution in [0.5, 0.6) is 5.75 Å². The minimum absolute atomic E-state index is 0.486. The lowest BCUT2D eigenvalue weighted by Crippen LogP contribution is -2.12. The molecular formula is C18H28O2S3+2. The van der Waals surface area contributed by atoms with Crippen molar-refractivity contribution in [3.05, 3.63) is 23.3 Å². The lowest BCUT2D eigenvalue weighted by atomic mass is 10.1. The molecule has 2 heterocycles. The van der Waals surface area contributed by atoms with E-state index in [0.717, 1.165) is 22.2 Å². The first kappa shape index (κ1) is 17.7. The largest absolute Gasteiger partial charge is 0.496 e. The van der Waals surface area contributed by atoms with E-state index in [0.29, 0.717) is 21.8 Å². The highest BCUT2D eigenvalue weighted by Crippen LogP contribution is 2.32. The van der Waals surface area contributed by atoms with E-state index in [1.807, 2.05) is 6.26 Å². The maximum absolute atomic E-state index is 12.3. The fraction of sp³-hybridized carbons (Fsp3) is 0.667. The van der Waals surface area contributed by atoms with Gasteiger partial charge in [0, 0.05) is 22.3 Å². The van der Waals surface area contributed by atoms with Gasteiger partial charge in [-0.3, -0.25) is 4.21 Å². The quantitative estimate of drug-likeness (QED) is 0.717. The molecule has 0 radical (unpaired) electrons. The highest BCUT2D eigenvalue weighted by Gasteiger charge is 2.29. The molecule has 5 heteroatoms. The summed E-state index contributed by atoms with van der Waals surface area (Å²) < 4.78 is 18.0. The van der Waals surface area contributed by atoms with Crippen molar-refractivity contribution < 1.29 is 8.95 Å². The number of rotatable bonds is 6. The zero-order valence-electron chi connectivity index (χ0n) is 14.3. The van der Waals surface area contributed by atoms with Crippen molar-refractivity contribution in [2.24, 2.45) is 0 Å². The SMILES string of the molecule is COc1cc(C[S+]2CCCC2)c(S(C)=O)cc1C[S+]1CCCC1. The number of ether oxygens (including phenoxy) is 1. The Hall–Kier alpha value is -0.130. The van der Waals surface area contributed by atoms with Crippen molar-refractivity contribution >= 4 is 32.6 Å². The first-order chi connectivity index (χ1) is 11.2. The Bertz CT molecular complexity index is 562. The zero-order chi connectivity index (χ0) is 16.2. The number of benzene rings is 1. The molecule has 1 atom stereocenters. The summed E-state index contributed by atoms with van der Waals surface area (Å²) in [4.78, 5) is 1.06. The van der Waals surface area contributed by atoms with Gasteiger partial charge >= 0.3 is 0 Å². The molecule has 128 valence electrons. The molecule has 0 N–H and O–H groups in total. The lowest BCUT2D eigenvalue weighted by Gasteiger charge is -2.14. The second kappa shape index (κ2) is 8.30. The van der Waals surface area contributed by atoms with Gasteiger partial charge in [0.05, 0.1) is 17.9 Å². The van der Waals surface area contributed by atoms with Crippen molar-refractivity contribution in [1.82, 2.24) is 0 Å². The van der Waals surface area contributed by atoms with E-state index in [-0.39, 0.29) is 0 Å². The predicted molar refractivity (Wildman–Crippen MR) is 105 cm³/mol. The van der Waals surface area contributed by atoms with Crippen LogP contribution in [0.4, 0.5) is 0 Å². The van der Waals surface area contributed by atoms with Gasteiger partial charge in [-0.05, 0) is 59.6 Å². The molecule has 2 nitrogen and oxygen atoms in total. The molecule has 2 aliphatic heterocycles. The Morgan fingerprint density at radius 2 is 1.48 bits per heavy atom. The number of methoxy groups -OCH3 is 1. The molecule has 0 spiro atoms. The van der Waals surface area contributed by atoms with Gasteiger partial charge < -0.3 is 4.74 Å². The zero-order valence-corrected chi connectivity index (χ0v) is 16.7. The van der Waals surface area contributed by atoms with Gasteiger partial charge in [0.1, 0.15) is 40.3 Å². The van der Waals surface area contributed by atoms with Gasteiger partial charge in [-0.15, -0.1) is 0 Å². The van der Waals surface area contributed by atoms with Gasteiger partial charge in [0.2, 0.25) is 0 Å². The average Bonchev–Trinajstić information content (AvgIpc) is 3.21. The summed E-state index contributed by atoms with van der Waals surface area (Å²) in [5, 5.41) is 0. The normalized spacial score (nSPS) is 21.0. The monoisotopic (exact) mass is 372 g/mol. The van der Waals surface area contributed by atoms with Crippen LogP contribution in [-0.2, 0) is 44.1 Å². The minimum Gasteiger partial charge on any atom is -0.496 e. The standard InChI is InChI=1S/C18H28O2S3/c1-20-17-11-16(14-23-9-5-6-10-23)18(21(2)19)12-15(17)13-22-7-3-4-8-22/h11-12H,3-10,13-14H2,1-2H3/q+2. The third-order valence-electron chi connectivity index (χ3n) is 4.72. The average molecular weight is 373 g/mol. The molecule has 1 aromatic rings. The molecule has 1 unspecified atom stereocenters. The predicted octanol–water partition coefficient (Wildman–Crippen LogP) is 3.26. The number of hydrogen-bond donors (Lipinski definition) is 0. The summed E-state index contributed by atoms with van der Waals surface area (Å²) in [6.45, 7) is 0. The van der Waals surface area contributed by atoms with Crippen LogP contribution in [0, 0.1) is 0 Å². The Balaban J connectivity index is 1.87. The first-order valence-electron chi connectivity index (χ1n) is 8.49. The van der Waals surface area contributed by atoms with Crippen molar-refractivity contribution in [2.45, 2.75) is 42.1 Å². The minimum atomic E-state index is -0.912. The summed E-state index contributed by atoms with van der Waals surface area (Å²) in [6, 6.07) is 4.41. The van der Waals surface area contributed by atoms with Gasteiger partial charge in [0.15, 0.2) is 0 Å². The molecule has 2 fully saturated rings. The fourth-order valence-corrected chi connectivity index (χ4v) is 9.16. The molecule has 3 rings (SSSR count). The highest BCUT2D eigenvalue weighted by atomic mass is 32.2. The van der Waals surface area contributed by atoms with Crippen LogP contribution >= 0.6 is 0 Å². The van der Waals surface area contributed by atoms with Crippen LogP contribution in [0.1, 0.15) is 36.8 Å². The molecule has 2 saturated heterocycles. The van der Waals surface area contributed by atoms with Gasteiger partial charge in [0.25, 0.3) is 0 Å². The maximum atomic E-state index is 12.3. The first-order valence-corrected chi connectivity index (χ1v) is 13.5. The summed E-state index contributed by atoms with van der Waals surface area (Å²) in [5.74, 6) is 8.65. The Morgan fingerprint density at radius 1 is 0.957 bits per heavy atom. The molecule has 0 saturated carbocycles. The van der Waals surface area contributed by atoms with E-state index in [2.05, 4.69) is 12.1 Å². The van der Waals surface area contributed by atoms with Crippen molar-refractivity contribution in [1.29, 1.82) is 0 Å². The van der Waals surface area contributed by atoms with Crippen LogP contribution in [-0.4, -0.2) is 40.6 Å². The molecule has 0 amide bonds. The van der Waals surface area contributed by atoms with Crippen LogP contribution in [0.25, 0.3) is 0 Å². The topological polar surface area (TPSA) is 26.3 Å². The molecular weight excluding hydrogens is 344 g/mol. The summed E-state index contributed by atoms with van der Waals surface area (Å²) in [6.07, 6.45) is 7.31. The molecule has 1 aromatic carbocycles. The maximum Gasteiger partial charge on any atom is 0.136 e. The van der Waals surface area contributed by atoms with E-state index in [4.69, 9.17) is 4.74 Å². The molecule has 2 aliphatic rings. The lowest BCUT2D eigenvalue weighted by molar-refractivity contribution is 0.410. The second-order valence-corrected chi connectivity index (χ2v) is 12.5. The van der Waals surface area contributed by atoms with Gasteiger partial charge in [-0.2, -0.15) is 0 Å². The Kier molecular flexibility index (Phi) is 6.38. The molecule has 0 aliphatic carbocycles. The Morgan fingerprint density at radius 3 is 1.96 bits per heavy atom. The summed E-state index contributed by atoms with van der Waals surface area (Å²) >= 11 is 0. The molecule has 0 bridgehead atoms. The van der Waals surface area contributed by atoms with E-state index in [9.17, 15) is 4.21 Å². The summed E-state index contributed by atoms with van der Waals surface area (Å²) in [7, 11) is 1.85. The van der Waals surface area contributed by atoms with Crippen LogP contribution in [0.2, 0.25) is 0 Å². The van der Waals surface area contributed by atoms with E-state index < -0.39 is 10.8 Å². The van der Waals surface area contributed by atoms with Crippen LogP contribution in [0.15, 0.2) is 17.0 Å². The summed E-state index contributed by atoms with van der Waals surface area (Å²) in [5.41, 5.74) is 2.55. The smallest absolute Gasteiger partial charge is 0.136 e. The third-order valence-corrected chi connectivity index (χ3v) is 10.6. The van der Waals surface area contributed by atoms with Crippen LogP contribution in [0.3, 0.4) is 0 Å². The van der Waals surface area contributed by atoms with Crippen LogP contribution < -0.4 is 4.74 Å². The van der Waals surface area contributed by atoms with Crippen molar-refractivity contribution in [3.63, 3.8) is 0 Å². The van der Waals surface area contributed by atoms with Gasteiger partial charge in [-0.25, -0.2) is 0 Å². The second-order valence-electron chi connectivity index (χ2n) is 6.47. The van der Waals surface area contributed by atoms with Crippen molar-refractivity contribution in [3.8, 4) is 5.75 Å².